The zero-order valence-corrected chi connectivity index (χ0v) is 42.9. The van der Waals surface area contributed by atoms with Crippen molar-refractivity contribution in [2.45, 2.75) is 182 Å². The molecule has 1 aliphatic rings. The second-order valence-corrected chi connectivity index (χ2v) is 22.7. The number of esters is 2. The molecule has 0 unspecified atom stereocenters. The van der Waals surface area contributed by atoms with Gasteiger partial charge in [0.25, 0.3) is 0 Å². The standard InChI is InChI=1S/C58H80O8/c1-55(2,3)45-27-37-19-15-23-41-31-47(57(7,8)9)33-43(53(41)65-35-49(59)63-13)25-17-21-39-29-46(56(4,5)6)30-40(52(39)62)22-18-26-44-34-48(58(10,11)12)32-42(54(44)66-36-50(60)64-14)24-16-20-38(28-45)51(37)61/h27-34,61-62H,15-26,35-36H2,1-14H3. The normalized spacial score (nSPS) is 14.8. The third-order valence-corrected chi connectivity index (χ3v) is 13.2. The third-order valence-electron chi connectivity index (χ3n) is 13.2. The molecule has 0 heterocycles. The molecule has 4 aromatic rings. The van der Waals surface area contributed by atoms with Crippen molar-refractivity contribution in [3.05, 3.63) is 115 Å². The zero-order chi connectivity index (χ0) is 48.8. The number of methoxy groups -OCH3 is 2. The lowest BCUT2D eigenvalue weighted by atomic mass is 9.81. The number of hydrogen-bond donors (Lipinski definition) is 2. The van der Waals surface area contributed by atoms with E-state index in [2.05, 4.69) is 132 Å². The second-order valence-electron chi connectivity index (χ2n) is 22.7. The molecule has 0 amide bonds. The zero-order valence-electron chi connectivity index (χ0n) is 42.9. The molecule has 8 heteroatoms. The highest BCUT2D eigenvalue weighted by Gasteiger charge is 2.26. The number of ether oxygens (including phenoxy) is 4. The number of rotatable bonds is 6. The number of aryl methyl sites for hydroxylation is 8. The number of aromatic hydroxyl groups is 2. The summed E-state index contributed by atoms with van der Waals surface area (Å²) >= 11 is 0. The quantitative estimate of drug-likeness (QED) is 0.184. The van der Waals surface area contributed by atoms with Crippen molar-refractivity contribution in [3.8, 4) is 23.0 Å². The van der Waals surface area contributed by atoms with Crippen LogP contribution in [0.3, 0.4) is 0 Å². The van der Waals surface area contributed by atoms with Crippen LogP contribution in [0.2, 0.25) is 0 Å². The smallest absolute Gasteiger partial charge is 0.343 e. The van der Waals surface area contributed by atoms with Gasteiger partial charge in [-0.1, -0.05) is 132 Å². The summed E-state index contributed by atoms with van der Waals surface area (Å²) < 4.78 is 22.8. The van der Waals surface area contributed by atoms with Gasteiger partial charge >= 0.3 is 11.9 Å². The van der Waals surface area contributed by atoms with E-state index in [-0.39, 0.29) is 34.9 Å². The van der Waals surface area contributed by atoms with E-state index in [4.69, 9.17) is 18.9 Å². The van der Waals surface area contributed by atoms with Gasteiger partial charge in [-0.25, -0.2) is 9.59 Å². The maximum Gasteiger partial charge on any atom is 0.343 e. The van der Waals surface area contributed by atoms with Crippen LogP contribution in [-0.4, -0.2) is 49.6 Å². The maximum absolute atomic E-state index is 12.5. The maximum atomic E-state index is 12.5. The molecule has 4 aromatic carbocycles. The van der Waals surface area contributed by atoms with Gasteiger partial charge in [-0.15, -0.1) is 0 Å². The van der Waals surface area contributed by atoms with Crippen molar-refractivity contribution in [2.75, 3.05) is 27.4 Å². The fourth-order valence-electron chi connectivity index (χ4n) is 8.89. The molecule has 1 aliphatic carbocycles. The minimum absolute atomic E-state index is 0.138. The lowest BCUT2D eigenvalue weighted by molar-refractivity contribution is -0.143. The molecule has 8 bridgehead atoms. The van der Waals surface area contributed by atoms with Crippen molar-refractivity contribution in [3.63, 3.8) is 0 Å². The van der Waals surface area contributed by atoms with Gasteiger partial charge in [0.05, 0.1) is 14.2 Å². The Morgan fingerprint density at radius 1 is 0.394 bits per heavy atom. The van der Waals surface area contributed by atoms with E-state index in [1.807, 2.05) is 0 Å². The fourth-order valence-corrected chi connectivity index (χ4v) is 8.89. The first-order valence-electron chi connectivity index (χ1n) is 24.2. The van der Waals surface area contributed by atoms with Crippen LogP contribution < -0.4 is 9.47 Å². The predicted octanol–water partition coefficient (Wildman–Crippen LogP) is 12.4. The molecule has 66 heavy (non-hydrogen) atoms. The van der Waals surface area contributed by atoms with Crippen LogP contribution in [0.15, 0.2) is 48.5 Å². The number of phenols is 2. The summed E-state index contributed by atoms with van der Waals surface area (Å²) in [6, 6.07) is 17.6. The number of hydrogen-bond acceptors (Lipinski definition) is 8. The molecule has 0 aliphatic heterocycles. The molecule has 360 valence electrons. The Bertz CT molecular complexity index is 2070. The number of phenolic OH excluding ortho intramolecular Hbond substituents is 2. The van der Waals surface area contributed by atoms with Crippen LogP contribution in [0.5, 0.6) is 23.0 Å². The number of carbonyl (C=O) groups excluding carboxylic acids is 2. The topological polar surface area (TPSA) is 112 Å². The summed E-state index contributed by atoms with van der Waals surface area (Å²) in [4.78, 5) is 25.1. The summed E-state index contributed by atoms with van der Waals surface area (Å²) in [5.41, 5.74) is 12.0. The molecule has 2 N–H and O–H groups in total. The highest BCUT2D eigenvalue weighted by Crippen LogP contribution is 2.40. The van der Waals surface area contributed by atoms with Crippen LogP contribution in [0.1, 0.15) is 176 Å². The van der Waals surface area contributed by atoms with Crippen LogP contribution in [0, 0.1) is 0 Å². The molecule has 0 fully saturated rings. The summed E-state index contributed by atoms with van der Waals surface area (Å²) in [7, 11) is 2.75. The van der Waals surface area contributed by atoms with Gasteiger partial charge in [-0.3, -0.25) is 0 Å². The van der Waals surface area contributed by atoms with Crippen molar-refractivity contribution in [2.24, 2.45) is 0 Å². The molecular weight excluding hydrogens is 825 g/mol. The number of benzene rings is 4. The summed E-state index contributed by atoms with van der Waals surface area (Å²) in [5.74, 6) is 1.25. The first-order valence-corrected chi connectivity index (χ1v) is 24.2. The van der Waals surface area contributed by atoms with Gasteiger partial charge in [0.2, 0.25) is 0 Å². The molecular formula is C58H80O8. The Morgan fingerprint density at radius 2 is 0.591 bits per heavy atom. The van der Waals surface area contributed by atoms with E-state index in [1.165, 1.54) is 36.5 Å². The first kappa shape index (κ1) is 52.0. The monoisotopic (exact) mass is 905 g/mol. The van der Waals surface area contributed by atoms with E-state index in [9.17, 15) is 19.8 Å². The van der Waals surface area contributed by atoms with Crippen molar-refractivity contribution in [1.29, 1.82) is 0 Å². The SMILES string of the molecule is COC(=O)COc1c2cc(C(C)(C)C)cc1CCCc1cc(C(C)(C)C)cc(c1O)CCCc1cc(C(C)(C)C)cc(c1OCC(=O)OC)CCCc1cc(C(C)(C)C)cc(c1O)CCC2. The first-order chi connectivity index (χ1) is 30.8. The molecule has 0 saturated carbocycles. The van der Waals surface area contributed by atoms with Gasteiger partial charge in [-0.2, -0.15) is 0 Å². The van der Waals surface area contributed by atoms with Crippen molar-refractivity contribution in [1.82, 2.24) is 0 Å². The van der Waals surface area contributed by atoms with E-state index >= 15 is 0 Å². The Kier molecular flexibility index (Phi) is 16.8. The van der Waals surface area contributed by atoms with Crippen LogP contribution in [-0.2, 0) is 92.1 Å². The second kappa shape index (κ2) is 21.3. The minimum atomic E-state index is -0.439. The van der Waals surface area contributed by atoms with Crippen molar-refractivity contribution >= 4 is 11.9 Å². The Labute approximate surface area is 396 Å². The Hall–Kier alpha value is -4.98. The summed E-state index contributed by atoms with van der Waals surface area (Å²) in [5, 5.41) is 24.0. The number of carbonyl (C=O) groups is 2. The molecule has 8 nitrogen and oxygen atoms in total. The molecule has 0 saturated heterocycles. The lowest BCUT2D eigenvalue weighted by Crippen LogP contribution is -2.17. The summed E-state index contributed by atoms with van der Waals surface area (Å²) in [6.45, 7) is 26.2. The highest BCUT2D eigenvalue weighted by molar-refractivity contribution is 5.71. The predicted molar refractivity (Wildman–Crippen MR) is 267 cm³/mol. The van der Waals surface area contributed by atoms with Crippen molar-refractivity contribution < 1.29 is 38.7 Å². The molecule has 0 radical (unpaired) electrons. The van der Waals surface area contributed by atoms with Gasteiger partial charge in [0, 0.05) is 0 Å². The molecule has 5 rings (SSSR count). The summed E-state index contributed by atoms with van der Waals surface area (Å²) in [6.07, 6.45) is 8.35. The van der Waals surface area contributed by atoms with Gasteiger partial charge < -0.3 is 29.2 Å². The van der Waals surface area contributed by atoms with E-state index in [0.717, 1.165) is 81.7 Å². The van der Waals surface area contributed by atoms with Gasteiger partial charge in [-0.05, 0) is 165 Å². The molecule has 0 spiro atoms. The third kappa shape index (κ3) is 13.6. The van der Waals surface area contributed by atoms with E-state index in [0.29, 0.717) is 62.9 Å². The van der Waals surface area contributed by atoms with E-state index in [1.54, 1.807) is 0 Å². The fraction of sp³-hybridized carbons (Fsp3) is 0.552. The molecule has 0 aromatic heterocycles. The number of fused-ring (bicyclic) bond motifs is 8. The van der Waals surface area contributed by atoms with Crippen LogP contribution in [0.25, 0.3) is 0 Å². The van der Waals surface area contributed by atoms with Crippen LogP contribution >= 0.6 is 0 Å². The van der Waals surface area contributed by atoms with Gasteiger partial charge in [0.1, 0.15) is 23.0 Å². The Balaban J connectivity index is 1.67. The Morgan fingerprint density at radius 3 is 0.788 bits per heavy atom. The molecule has 0 atom stereocenters. The highest BCUT2D eigenvalue weighted by atomic mass is 16.6. The average Bonchev–Trinajstić information content (AvgIpc) is 3.22. The average molecular weight is 905 g/mol. The van der Waals surface area contributed by atoms with Gasteiger partial charge in [0.15, 0.2) is 13.2 Å². The van der Waals surface area contributed by atoms with Crippen LogP contribution in [0.4, 0.5) is 0 Å². The lowest BCUT2D eigenvalue weighted by Gasteiger charge is -2.25. The minimum Gasteiger partial charge on any atom is -0.507 e. The van der Waals surface area contributed by atoms with E-state index < -0.39 is 11.9 Å². The largest absolute Gasteiger partial charge is 0.507 e.